The van der Waals surface area contributed by atoms with Crippen molar-refractivity contribution < 1.29 is 0 Å². The van der Waals surface area contributed by atoms with Gasteiger partial charge in [-0.15, -0.1) is 0 Å². The van der Waals surface area contributed by atoms with Crippen molar-refractivity contribution in [3.63, 3.8) is 0 Å². The minimum Gasteiger partial charge on any atom is -0.313 e. The maximum Gasteiger partial charge on any atom is 0.0195 e. The van der Waals surface area contributed by atoms with E-state index in [2.05, 4.69) is 23.7 Å². The summed E-state index contributed by atoms with van der Waals surface area (Å²) in [6.07, 6.45) is 8.07. The molecule has 0 aromatic carbocycles. The lowest BCUT2D eigenvalue weighted by molar-refractivity contribution is 0.229. The molecule has 1 heterocycles. The third-order valence-corrected chi connectivity index (χ3v) is 3.86. The van der Waals surface area contributed by atoms with Crippen molar-refractivity contribution in [3.05, 3.63) is 12.2 Å². The molecular weight excluding hydrogens is 196 g/mol. The fourth-order valence-electron chi connectivity index (χ4n) is 2.54. The van der Waals surface area contributed by atoms with Crippen molar-refractivity contribution in [2.75, 3.05) is 19.6 Å². The van der Waals surface area contributed by atoms with Gasteiger partial charge in [0.25, 0.3) is 0 Å². The highest BCUT2D eigenvalue weighted by atomic mass is 15.2. The van der Waals surface area contributed by atoms with Crippen LogP contribution in [0.2, 0.25) is 0 Å². The molecule has 1 unspecified atom stereocenters. The molecule has 2 rings (SSSR count). The molecule has 1 saturated carbocycles. The number of hydrogen-bond acceptors (Lipinski definition) is 2. The second kappa shape index (κ2) is 5.83. The first-order chi connectivity index (χ1) is 7.79. The lowest BCUT2D eigenvalue weighted by Crippen LogP contribution is -2.44. The molecule has 2 heteroatoms. The zero-order chi connectivity index (χ0) is 11.4. The van der Waals surface area contributed by atoms with Crippen molar-refractivity contribution in [2.45, 2.75) is 57.5 Å². The quantitative estimate of drug-likeness (QED) is 0.695. The largest absolute Gasteiger partial charge is 0.313 e. The standard InChI is InChI=1S/C14H26N2/c1-3-12(2)10-16(14-7-8-14)11-13-6-4-5-9-15-13/h13-15H,2-11H2,1H3. The molecule has 1 aliphatic carbocycles. The van der Waals surface area contributed by atoms with Crippen LogP contribution in [0.5, 0.6) is 0 Å². The molecular formula is C14H26N2. The van der Waals surface area contributed by atoms with Crippen molar-refractivity contribution in [3.8, 4) is 0 Å². The Morgan fingerprint density at radius 2 is 2.12 bits per heavy atom. The van der Waals surface area contributed by atoms with E-state index in [1.165, 1.54) is 50.8 Å². The third-order valence-electron chi connectivity index (χ3n) is 3.86. The second-order valence-electron chi connectivity index (χ2n) is 5.41. The zero-order valence-electron chi connectivity index (χ0n) is 10.7. The fourth-order valence-corrected chi connectivity index (χ4v) is 2.54. The summed E-state index contributed by atoms with van der Waals surface area (Å²) in [7, 11) is 0. The fraction of sp³-hybridized carbons (Fsp3) is 0.857. The van der Waals surface area contributed by atoms with Gasteiger partial charge in [0.15, 0.2) is 0 Å². The molecule has 0 aromatic heterocycles. The minimum absolute atomic E-state index is 0.735. The van der Waals surface area contributed by atoms with Gasteiger partial charge in [-0.25, -0.2) is 0 Å². The molecule has 2 aliphatic rings. The molecule has 0 amide bonds. The first-order valence-electron chi connectivity index (χ1n) is 6.93. The summed E-state index contributed by atoms with van der Waals surface area (Å²) in [5, 5.41) is 3.65. The van der Waals surface area contributed by atoms with E-state index >= 15 is 0 Å². The van der Waals surface area contributed by atoms with Gasteiger partial charge in [-0.3, -0.25) is 4.90 Å². The van der Waals surface area contributed by atoms with E-state index in [0.29, 0.717) is 0 Å². The van der Waals surface area contributed by atoms with Crippen molar-refractivity contribution in [1.29, 1.82) is 0 Å². The summed E-state index contributed by atoms with van der Waals surface area (Å²) in [6.45, 7) is 9.95. The van der Waals surface area contributed by atoms with Crippen LogP contribution in [-0.4, -0.2) is 36.6 Å². The van der Waals surface area contributed by atoms with E-state index in [1.54, 1.807) is 0 Å². The smallest absolute Gasteiger partial charge is 0.0195 e. The highest BCUT2D eigenvalue weighted by Crippen LogP contribution is 2.28. The topological polar surface area (TPSA) is 15.3 Å². The van der Waals surface area contributed by atoms with Crippen LogP contribution >= 0.6 is 0 Å². The van der Waals surface area contributed by atoms with Crippen molar-refractivity contribution in [2.24, 2.45) is 0 Å². The van der Waals surface area contributed by atoms with Crippen LogP contribution in [0.1, 0.15) is 45.4 Å². The van der Waals surface area contributed by atoms with Crippen LogP contribution in [0, 0.1) is 0 Å². The minimum atomic E-state index is 0.735. The highest BCUT2D eigenvalue weighted by Gasteiger charge is 2.30. The average Bonchev–Trinajstić information content (AvgIpc) is 3.13. The Morgan fingerprint density at radius 3 is 2.69 bits per heavy atom. The monoisotopic (exact) mass is 222 g/mol. The molecule has 0 aromatic rings. The van der Waals surface area contributed by atoms with Gasteiger partial charge in [0.05, 0.1) is 0 Å². The molecule has 1 atom stereocenters. The van der Waals surface area contributed by atoms with E-state index in [9.17, 15) is 0 Å². The van der Waals surface area contributed by atoms with Gasteiger partial charge >= 0.3 is 0 Å². The number of nitrogens with zero attached hydrogens (tertiary/aromatic N) is 1. The van der Waals surface area contributed by atoms with E-state index in [1.807, 2.05) is 0 Å². The van der Waals surface area contributed by atoms with Gasteiger partial charge in [-0.2, -0.15) is 0 Å². The summed E-state index contributed by atoms with van der Waals surface area (Å²) in [4.78, 5) is 2.66. The van der Waals surface area contributed by atoms with E-state index in [0.717, 1.165) is 25.0 Å². The molecule has 0 radical (unpaired) electrons. The first kappa shape index (κ1) is 12.1. The molecule has 1 aliphatic heterocycles. The van der Waals surface area contributed by atoms with Crippen LogP contribution in [0.25, 0.3) is 0 Å². The predicted octanol–water partition coefficient (Wildman–Crippen LogP) is 2.56. The lowest BCUT2D eigenvalue weighted by atomic mass is 10.0. The molecule has 1 N–H and O–H groups in total. The molecule has 0 spiro atoms. The normalized spacial score (nSPS) is 26.0. The summed E-state index contributed by atoms with van der Waals surface area (Å²) >= 11 is 0. The Labute approximate surface area is 100 Å². The zero-order valence-corrected chi connectivity index (χ0v) is 10.7. The predicted molar refractivity (Wildman–Crippen MR) is 69.7 cm³/mol. The van der Waals surface area contributed by atoms with Gasteiger partial charge < -0.3 is 5.32 Å². The summed E-state index contributed by atoms with van der Waals surface area (Å²) in [6, 6.07) is 1.60. The Kier molecular flexibility index (Phi) is 4.42. The van der Waals surface area contributed by atoms with Gasteiger partial charge in [0.1, 0.15) is 0 Å². The second-order valence-corrected chi connectivity index (χ2v) is 5.41. The number of rotatable bonds is 6. The number of hydrogen-bond donors (Lipinski definition) is 1. The molecule has 2 fully saturated rings. The Balaban J connectivity index is 1.79. The average molecular weight is 222 g/mol. The van der Waals surface area contributed by atoms with Gasteiger partial charge in [0.2, 0.25) is 0 Å². The van der Waals surface area contributed by atoms with E-state index < -0.39 is 0 Å². The van der Waals surface area contributed by atoms with Gasteiger partial charge in [-0.1, -0.05) is 25.5 Å². The van der Waals surface area contributed by atoms with Gasteiger partial charge in [0, 0.05) is 25.2 Å². The maximum absolute atomic E-state index is 4.15. The van der Waals surface area contributed by atoms with Crippen LogP contribution in [0.3, 0.4) is 0 Å². The van der Waals surface area contributed by atoms with Crippen LogP contribution in [0.4, 0.5) is 0 Å². The molecule has 92 valence electrons. The van der Waals surface area contributed by atoms with Crippen LogP contribution < -0.4 is 5.32 Å². The number of piperidine rings is 1. The summed E-state index contributed by atoms with van der Waals surface area (Å²) < 4.78 is 0. The van der Waals surface area contributed by atoms with Crippen LogP contribution in [0.15, 0.2) is 12.2 Å². The Bertz CT molecular complexity index is 227. The van der Waals surface area contributed by atoms with Crippen LogP contribution in [-0.2, 0) is 0 Å². The first-order valence-corrected chi connectivity index (χ1v) is 6.93. The van der Waals surface area contributed by atoms with E-state index in [4.69, 9.17) is 0 Å². The Morgan fingerprint density at radius 1 is 1.31 bits per heavy atom. The van der Waals surface area contributed by atoms with Crippen molar-refractivity contribution >= 4 is 0 Å². The number of nitrogens with one attached hydrogen (secondary N) is 1. The Hall–Kier alpha value is -0.340. The molecule has 2 nitrogen and oxygen atoms in total. The maximum atomic E-state index is 4.15. The molecule has 1 saturated heterocycles. The van der Waals surface area contributed by atoms with E-state index in [-0.39, 0.29) is 0 Å². The highest BCUT2D eigenvalue weighted by molar-refractivity contribution is 5.00. The molecule has 16 heavy (non-hydrogen) atoms. The summed E-state index contributed by atoms with van der Waals surface area (Å²) in [5.41, 5.74) is 1.39. The third kappa shape index (κ3) is 3.60. The SMILES string of the molecule is C=C(CC)CN(CC1CCCCN1)C1CC1. The summed E-state index contributed by atoms with van der Waals surface area (Å²) in [5.74, 6) is 0. The molecule has 0 bridgehead atoms. The van der Waals surface area contributed by atoms with Crippen molar-refractivity contribution in [1.82, 2.24) is 10.2 Å². The van der Waals surface area contributed by atoms with Gasteiger partial charge in [-0.05, 0) is 38.6 Å². The lowest BCUT2D eigenvalue weighted by Gasteiger charge is -2.31.